The summed E-state index contributed by atoms with van der Waals surface area (Å²) in [5.41, 5.74) is 3.93. The number of nitrogens with two attached hydrogens (primary N) is 1. The number of halogens is 4. The number of rotatable bonds is 3. The zero-order valence-electron chi connectivity index (χ0n) is 10.1. The van der Waals surface area contributed by atoms with Crippen LogP contribution in [0.25, 0.3) is 11.1 Å². The van der Waals surface area contributed by atoms with Crippen LogP contribution in [0.15, 0.2) is 30.3 Å². The van der Waals surface area contributed by atoms with Crippen molar-refractivity contribution in [3.05, 3.63) is 59.2 Å². The van der Waals surface area contributed by atoms with Crippen LogP contribution in [0.5, 0.6) is 0 Å². The van der Waals surface area contributed by atoms with Crippen LogP contribution in [0.3, 0.4) is 0 Å². The third-order valence-electron chi connectivity index (χ3n) is 2.69. The molecule has 0 bridgehead atoms. The van der Waals surface area contributed by atoms with Crippen molar-refractivity contribution in [2.75, 3.05) is 0 Å². The molecule has 0 aliphatic carbocycles. The largest absolute Gasteiger partial charge is 0.369 e. The molecule has 20 heavy (non-hydrogen) atoms. The number of hydrogen-bond donors (Lipinski definition) is 1. The van der Waals surface area contributed by atoms with Gasteiger partial charge in [-0.15, -0.1) is 0 Å². The monoisotopic (exact) mass is 283 g/mol. The molecule has 2 aromatic carbocycles. The Morgan fingerprint density at radius 1 is 1.00 bits per heavy atom. The predicted octanol–water partition coefficient (Wildman–Crippen LogP) is 2.94. The lowest BCUT2D eigenvalue weighted by Crippen LogP contribution is -2.15. The first-order chi connectivity index (χ1) is 9.38. The Balaban J connectivity index is 2.63. The van der Waals surface area contributed by atoms with Crippen molar-refractivity contribution in [1.29, 1.82) is 0 Å². The van der Waals surface area contributed by atoms with E-state index in [2.05, 4.69) is 0 Å². The molecule has 2 N–H and O–H groups in total. The van der Waals surface area contributed by atoms with Gasteiger partial charge in [-0.05, 0) is 29.3 Å². The fourth-order valence-corrected chi connectivity index (χ4v) is 1.88. The standard InChI is InChI=1S/C14H9F4NO/c15-9-3-8(4-10(16)6-9)13-11(17)2-1-7(14(13)18)5-12(19)20/h1-4,6H,5H2,(H2,19,20). The lowest BCUT2D eigenvalue weighted by molar-refractivity contribution is -0.117. The second-order valence-electron chi connectivity index (χ2n) is 4.20. The molecule has 0 saturated carbocycles. The summed E-state index contributed by atoms with van der Waals surface area (Å²) in [4.78, 5) is 10.8. The van der Waals surface area contributed by atoms with Gasteiger partial charge in [0.05, 0.1) is 12.0 Å². The molecular formula is C14H9F4NO. The molecule has 0 aromatic heterocycles. The first-order valence-corrected chi connectivity index (χ1v) is 5.60. The van der Waals surface area contributed by atoms with E-state index in [0.29, 0.717) is 6.07 Å². The second kappa shape index (κ2) is 5.32. The van der Waals surface area contributed by atoms with Gasteiger partial charge in [-0.25, -0.2) is 17.6 Å². The number of primary amides is 1. The van der Waals surface area contributed by atoms with E-state index in [1.54, 1.807) is 0 Å². The molecule has 0 heterocycles. The van der Waals surface area contributed by atoms with Crippen LogP contribution in [-0.2, 0) is 11.2 Å². The molecule has 0 fully saturated rings. The van der Waals surface area contributed by atoms with E-state index in [-0.39, 0.29) is 11.1 Å². The van der Waals surface area contributed by atoms with Crippen LogP contribution in [0.4, 0.5) is 17.6 Å². The van der Waals surface area contributed by atoms with E-state index < -0.39 is 41.2 Å². The third kappa shape index (κ3) is 2.79. The fourth-order valence-electron chi connectivity index (χ4n) is 1.88. The van der Waals surface area contributed by atoms with Crippen LogP contribution in [0.1, 0.15) is 5.56 Å². The first-order valence-electron chi connectivity index (χ1n) is 5.60. The van der Waals surface area contributed by atoms with E-state index in [1.165, 1.54) is 0 Å². The SMILES string of the molecule is NC(=O)Cc1ccc(F)c(-c2cc(F)cc(F)c2)c1F. The van der Waals surface area contributed by atoms with Crippen molar-refractivity contribution >= 4 is 5.91 Å². The molecule has 0 aliphatic rings. The minimum atomic E-state index is -1.06. The zero-order chi connectivity index (χ0) is 14.9. The quantitative estimate of drug-likeness (QED) is 0.865. The molecule has 0 atom stereocenters. The molecule has 0 radical (unpaired) electrons. The molecule has 2 aromatic rings. The Bertz CT molecular complexity index is 665. The van der Waals surface area contributed by atoms with Crippen molar-refractivity contribution in [3.8, 4) is 11.1 Å². The minimum absolute atomic E-state index is 0.140. The maximum atomic E-state index is 14.2. The Hall–Kier alpha value is -2.37. The smallest absolute Gasteiger partial charge is 0.221 e. The summed E-state index contributed by atoms with van der Waals surface area (Å²) in [6.07, 6.45) is -0.434. The maximum absolute atomic E-state index is 14.2. The van der Waals surface area contributed by atoms with Crippen LogP contribution in [0.2, 0.25) is 0 Å². The molecule has 1 amide bonds. The highest BCUT2D eigenvalue weighted by atomic mass is 19.1. The van der Waals surface area contributed by atoms with Gasteiger partial charge in [0.25, 0.3) is 0 Å². The van der Waals surface area contributed by atoms with Crippen LogP contribution >= 0.6 is 0 Å². The molecule has 0 aliphatic heterocycles. The summed E-state index contributed by atoms with van der Waals surface area (Å²) >= 11 is 0. The normalized spacial score (nSPS) is 10.6. The molecule has 104 valence electrons. The number of carbonyl (C=O) groups excluding carboxylic acids is 1. The zero-order valence-corrected chi connectivity index (χ0v) is 10.1. The molecule has 2 nitrogen and oxygen atoms in total. The highest BCUT2D eigenvalue weighted by molar-refractivity contribution is 5.77. The average Bonchev–Trinajstić information content (AvgIpc) is 2.31. The Morgan fingerprint density at radius 2 is 1.60 bits per heavy atom. The Morgan fingerprint density at radius 3 is 2.15 bits per heavy atom. The summed E-state index contributed by atoms with van der Waals surface area (Å²) in [5, 5.41) is 0. The van der Waals surface area contributed by atoms with Gasteiger partial charge in [-0.2, -0.15) is 0 Å². The number of carbonyl (C=O) groups is 1. The van der Waals surface area contributed by atoms with Crippen molar-refractivity contribution in [2.45, 2.75) is 6.42 Å². The highest BCUT2D eigenvalue weighted by Gasteiger charge is 2.17. The minimum Gasteiger partial charge on any atom is -0.369 e. The summed E-state index contributed by atoms with van der Waals surface area (Å²) in [5.74, 6) is -4.76. The first kappa shape index (κ1) is 14.0. The van der Waals surface area contributed by atoms with E-state index >= 15 is 0 Å². The van der Waals surface area contributed by atoms with Crippen molar-refractivity contribution < 1.29 is 22.4 Å². The molecular weight excluding hydrogens is 274 g/mol. The molecule has 6 heteroatoms. The third-order valence-corrected chi connectivity index (χ3v) is 2.69. The molecule has 2 rings (SSSR count). The summed E-state index contributed by atoms with van der Waals surface area (Å²) in [6.45, 7) is 0. The van der Waals surface area contributed by atoms with Crippen LogP contribution in [0, 0.1) is 23.3 Å². The van der Waals surface area contributed by atoms with Gasteiger partial charge in [0.15, 0.2) is 0 Å². The van der Waals surface area contributed by atoms with Crippen molar-refractivity contribution in [3.63, 3.8) is 0 Å². The van der Waals surface area contributed by atoms with Crippen molar-refractivity contribution in [2.24, 2.45) is 5.73 Å². The predicted molar refractivity (Wildman–Crippen MR) is 64.6 cm³/mol. The lowest BCUT2D eigenvalue weighted by atomic mass is 9.99. The Kier molecular flexibility index (Phi) is 3.74. The fraction of sp³-hybridized carbons (Fsp3) is 0.0714. The van der Waals surface area contributed by atoms with Gasteiger partial charge in [-0.1, -0.05) is 6.07 Å². The van der Waals surface area contributed by atoms with Crippen LogP contribution in [-0.4, -0.2) is 5.91 Å². The van der Waals surface area contributed by atoms with E-state index in [9.17, 15) is 22.4 Å². The molecule has 0 unspecified atom stereocenters. The van der Waals surface area contributed by atoms with Gasteiger partial charge >= 0.3 is 0 Å². The topological polar surface area (TPSA) is 43.1 Å². The average molecular weight is 283 g/mol. The van der Waals surface area contributed by atoms with Gasteiger partial charge < -0.3 is 5.73 Å². The van der Waals surface area contributed by atoms with E-state index in [1.807, 2.05) is 0 Å². The second-order valence-corrected chi connectivity index (χ2v) is 4.20. The number of amides is 1. The van der Waals surface area contributed by atoms with Gasteiger partial charge in [0.2, 0.25) is 5.91 Å². The van der Waals surface area contributed by atoms with Crippen LogP contribution < -0.4 is 5.73 Å². The Labute approximate surface area is 111 Å². The maximum Gasteiger partial charge on any atom is 0.221 e. The number of hydrogen-bond acceptors (Lipinski definition) is 1. The summed E-state index contributed by atoms with van der Waals surface area (Å²) < 4.78 is 54.1. The molecule has 0 spiro atoms. The lowest BCUT2D eigenvalue weighted by Gasteiger charge is -2.09. The van der Waals surface area contributed by atoms with E-state index in [4.69, 9.17) is 5.73 Å². The highest BCUT2D eigenvalue weighted by Crippen LogP contribution is 2.29. The van der Waals surface area contributed by atoms with Gasteiger partial charge in [0, 0.05) is 6.07 Å². The number of benzene rings is 2. The van der Waals surface area contributed by atoms with Gasteiger partial charge in [-0.3, -0.25) is 4.79 Å². The molecule has 0 saturated heterocycles. The summed E-state index contributed by atoms with van der Waals surface area (Å²) in [7, 11) is 0. The van der Waals surface area contributed by atoms with Crippen molar-refractivity contribution in [1.82, 2.24) is 0 Å². The summed E-state index contributed by atoms with van der Waals surface area (Å²) in [6, 6.07) is 4.18. The van der Waals surface area contributed by atoms with Gasteiger partial charge in [0.1, 0.15) is 23.3 Å². The van der Waals surface area contributed by atoms with E-state index in [0.717, 1.165) is 24.3 Å².